The zero-order valence-corrected chi connectivity index (χ0v) is 18.4. The molecule has 1 heterocycles. The summed E-state index contributed by atoms with van der Waals surface area (Å²) in [5, 5.41) is 4.26. The molecule has 1 saturated heterocycles. The first-order chi connectivity index (χ1) is 13.5. The minimum atomic E-state index is 0.491. The van der Waals surface area contributed by atoms with Crippen LogP contribution in [0.1, 0.15) is 25.8 Å². The van der Waals surface area contributed by atoms with Gasteiger partial charge in [-0.15, -0.1) is 0 Å². The molecule has 0 amide bonds. The minimum absolute atomic E-state index is 0.491. The van der Waals surface area contributed by atoms with Gasteiger partial charge in [0.05, 0.1) is 10.0 Å². The Balaban J connectivity index is 1.79. The van der Waals surface area contributed by atoms with E-state index in [2.05, 4.69) is 47.2 Å². The fourth-order valence-electron chi connectivity index (χ4n) is 3.57. The second-order valence-corrected chi connectivity index (χ2v) is 8.29. The number of rotatable bonds is 6. The third-order valence-corrected chi connectivity index (χ3v) is 5.90. The summed E-state index contributed by atoms with van der Waals surface area (Å²) in [6.07, 6.45) is 1.18. The Kier molecular flexibility index (Phi) is 7.47. The molecule has 0 radical (unpaired) electrons. The van der Waals surface area contributed by atoms with Gasteiger partial charge in [-0.2, -0.15) is 0 Å². The van der Waals surface area contributed by atoms with E-state index >= 15 is 0 Å². The summed E-state index contributed by atoms with van der Waals surface area (Å²) in [6.45, 7) is 9.66. The molecule has 2 aromatic rings. The number of benzene rings is 2. The van der Waals surface area contributed by atoms with Crippen molar-refractivity contribution in [2.24, 2.45) is 0 Å². The van der Waals surface area contributed by atoms with Gasteiger partial charge in [-0.3, -0.25) is 4.90 Å². The summed E-state index contributed by atoms with van der Waals surface area (Å²) in [5.41, 5.74) is 2.37. The largest absolute Gasteiger partial charge is 0.457 e. The zero-order valence-electron chi connectivity index (χ0n) is 16.8. The molecule has 152 valence electrons. The molecule has 28 heavy (non-hydrogen) atoms. The smallest absolute Gasteiger partial charge is 0.132 e. The fourth-order valence-corrected chi connectivity index (χ4v) is 3.86. The van der Waals surface area contributed by atoms with E-state index in [1.165, 1.54) is 12.1 Å². The van der Waals surface area contributed by atoms with Crippen LogP contribution in [0.4, 0.5) is 5.69 Å². The first kappa shape index (κ1) is 21.3. The second kappa shape index (κ2) is 9.84. The molecule has 1 aliphatic heterocycles. The normalized spacial score (nSPS) is 15.7. The molecular formula is C22H29Cl2N3O. The molecule has 3 rings (SSSR count). The van der Waals surface area contributed by atoms with Crippen LogP contribution in [0.3, 0.4) is 0 Å². The lowest BCUT2D eigenvalue weighted by Crippen LogP contribution is -2.35. The van der Waals surface area contributed by atoms with Gasteiger partial charge in [-0.25, -0.2) is 0 Å². The summed E-state index contributed by atoms with van der Waals surface area (Å²) < 4.78 is 6.10. The van der Waals surface area contributed by atoms with Gasteiger partial charge < -0.3 is 15.0 Å². The van der Waals surface area contributed by atoms with Crippen LogP contribution >= 0.6 is 23.2 Å². The highest BCUT2D eigenvalue weighted by atomic mass is 35.5. The van der Waals surface area contributed by atoms with E-state index < -0.39 is 0 Å². The van der Waals surface area contributed by atoms with Gasteiger partial charge in [0.15, 0.2) is 0 Å². The first-order valence-corrected chi connectivity index (χ1v) is 10.6. The molecule has 1 fully saturated rings. The molecular weight excluding hydrogens is 393 g/mol. The standard InChI is InChI=1S/C22H29Cl2N3O/c1-16(2)26-9-4-10-27(12-11-26)18-5-8-22(17(13-18)15-25-3)28-19-6-7-20(23)21(24)14-19/h5-8,13-14,16,25H,4,9-12,15H2,1-3H3. The Morgan fingerprint density at radius 3 is 2.54 bits per heavy atom. The molecule has 0 aliphatic carbocycles. The molecule has 1 N–H and O–H groups in total. The lowest BCUT2D eigenvalue weighted by Gasteiger charge is -2.26. The Morgan fingerprint density at radius 1 is 1.00 bits per heavy atom. The van der Waals surface area contributed by atoms with Crippen molar-refractivity contribution in [1.82, 2.24) is 10.2 Å². The van der Waals surface area contributed by atoms with Gasteiger partial charge in [-0.1, -0.05) is 23.2 Å². The number of nitrogens with zero attached hydrogens (tertiary/aromatic N) is 2. The average Bonchev–Trinajstić information content (AvgIpc) is 2.93. The maximum atomic E-state index is 6.12. The number of ether oxygens (including phenoxy) is 1. The van der Waals surface area contributed by atoms with E-state index in [-0.39, 0.29) is 0 Å². The van der Waals surface area contributed by atoms with E-state index in [0.717, 1.165) is 44.0 Å². The fraction of sp³-hybridized carbons (Fsp3) is 0.455. The first-order valence-electron chi connectivity index (χ1n) is 9.87. The highest BCUT2D eigenvalue weighted by Gasteiger charge is 2.18. The number of nitrogens with one attached hydrogen (secondary N) is 1. The number of hydrogen-bond acceptors (Lipinski definition) is 4. The molecule has 1 aliphatic rings. The number of hydrogen-bond donors (Lipinski definition) is 1. The molecule has 2 aromatic carbocycles. The van der Waals surface area contributed by atoms with Crippen molar-refractivity contribution in [2.45, 2.75) is 32.9 Å². The average molecular weight is 422 g/mol. The van der Waals surface area contributed by atoms with Crippen molar-refractivity contribution in [3.05, 3.63) is 52.0 Å². The summed E-state index contributed by atoms with van der Waals surface area (Å²) in [4.78, 5) is 5.03. The summed E-state index contributed by atoms with van der Waals surface area (Å²) in [7, 11) is 1.95. The van der Waals surface area contributed by atoms with E-state index in [9.17, 15) is 0 Å². The van der Waals surface area contributed by atoms with Crippen LogP contribution in [0.25, 0.3) is 0 Å². The predicted octanol–water partition coefficient (Wildman–Crippen LogP) is 5.43. The topological polar surface area (TPSA) is 27.7 Å². The lowest BCUT2D eigenvalue weighted by molar-refractivity contribution is 0.238. The van der Waals surface area contributed by atoms with Crippen LogP contribution in [0.2, 0.25) is 10.0 Å². The molecule has 0 atom stereocenters. The van der Waals surface area contributed by atoms with Gasteiger partial charge in [0, 0.05) is 56.1 Å². The van der Waals surface area contributed by atoms with Crippen molar-refractivity contribution in [3.63, 3.8) is 0 Å². The predicted molar refractivity (Wildman–Crippen MR) is 119 cm³/mol. The minimum Gasteiger partial charge on any atom is -0.457 e. The molecule has 0 bridgehead atoms. The molecule has 0 aromatic heterocycles. The van der Waals surface area contributed by atoms with Crippen LogP contribution in [-0.2, 0) is 6.54 Å². The SMILES string of the molecule is CNCc1cc(N2CCCN(C(C)C)CC2)ccc1Oc1ccc(Cl)c(Cl)c1. The van der Waals surface area contributed by atoms with Crippen LogP contribution in [-0.4, -0.2) is 44.2 Å². The summed E-state index contributed by atoms with van der Waals surface area (Å²) >= 11 is 12.1. The van der Waals surface area contributed by atoms with Crippen LogP contribution in [0.15, 0.2) is 36.4 Å². The quantitative estimate of drug-likeness (QED) is 0.672. The van der Waals surface area contributed by atoms with Crippen LogP contribution in [0, 0.1) is 0 Å². The Morgan fingerprint density at radius 2 is 1.82 bits per heavy atom. The van der Waals surface area contributed by atoms with E-state index in [1.807, 2.05) is 13.1 Å². The third-order valence-electron chi connectivity index (χ3n) is 5.16. The Bertz CT molecular complexity index is 797. The van der Waals surface area contributed by atoms with Crippen LogP contribution in [0.5, 0.6) is 11.5 Å². The lowest BCUT2D eigenvalue weighted by atomic mass is 10.1. The van der Waals surface area contributed by atoms with Gasteiger partial charge in [-0.05, 0) is 57.6 Å². The van der Waals surface area contributed by atoms with Gasteiger partial charge >= 0.3 is 0 Å². The molecule has 0 unspecified atom stereocenters. The maximum Gasteiger partial charge on any atom is 0.132 e. The number of halogens is 2. The van der Waals surface area contributed by atoms with Crippen molar-refractivity contribution in [3.8, 4) is 11.5 Å². The molecule has 0 saturated carbocycles. The molecule has 4 nitrogen and oxygen atoms in total. The third kappa shape index (κ3) is 5.32. The Hall–Kier alpha value is -1.46. The molecule has 0 spiro atoms. The van der Waals surface area contributed by atoms with Gasteiger partial charge in [0.1, 0.15) is 11.5 Å². The second-order valence-electron chi connectivity index (χ2n) is 7.47. The van der Waals surface area contributed by atoms with Gasteiger partial charge in [0.25, 0.3) is 0 Å². The van der Waals surface area contributed by atoms with Crippen molar-refractivity contribution in [2.75, 3.05) is 38.1 Å². The highest BCUT2D eigenvalue weighted by Crippen LogP contribution is 2.33. The van der Waals surface area contributed by atoms with E-state index in [0.29, 0.717) is 21.8 Å². The molecule has 6 heteroatoms. The summed E-state index contributed by atoms with van der Waals surface area (Å²) in [6, 6.07) is 12.4. The van der Waals surface area contributed by atoms with Gasteiger partial charge in [0.2, 0.25) is 0 Å². The van der Waals surface area contributed by atoms with E-state index in [4.69, 9.17) is 27.9 Å². The van der Waals surface area contributed by atoms with Crippen molar-refractivity contribution in [1.29, 1.82) is 0 Å². The zero-order chi connectivity index (χ0) is 20.1. The number of anilines is 1. The van der Waals surface area contributed by atoms with E-state index in [1.54, 1.807) is 12.1 Å². The highest BCUT2D eigenvalue weighted by molar-refractivity contribution is 6.42. The van der Waals surface area contributed by atoms with Crippen molar-refractivity contribution < 1.29 is 4.74 Å². The van der Waals surface area contributed by atoms with Crippen LogP contribution < -0.4 is 15.0 Å². The van der Waals surface area contributed by atoms with Crippen molar-refractivity contribution >= 4 is 28.9 Å². The maximum absolute atomic E-state index is 6.12. The Labute approximate surface area is 178 Å². The summed E-state index contributed by atoms with van der Waals surface area (Å²) in [5.74, 6) is 1.51. The monoisotopic (exact) mass is 421 g/mol.